The molecule has 3 aromatic rings. The van der Waals surface area contributed by atoms with Crippen molar-refractivity contribution >= 4 is 33.1 Å². The van der Waals surface area contributed by atoms with Crippen molar-refractivity contribution in [3.8, 4) is 0 Å². The summed E-state index contributed by atoms with van der Waals surface area (Å²) in [5.74, 6) is -3.70. The Kier molecular flexibility index (Phi) is 6.38. The highest BCUT2D eigenvalue weighted by Crippen LogP contribution is 2.29. The van der Waals surface area contributed by atoms with Crippen LogP contribution in [0.1, 0.15) is 10.4 Å². The molecule has 4 rings (SSSR count). The number of hydrogen-bond donors (Lipinski definition) is 2. The summed E-state index contributed by atoms with van der Waals surface area (Å²) in [6.07, 6.45) is 0. The van der Waals surface area contributed by atoms with Crippen LogP contribution in [-0.4, -0.2) is 45.7 Å². The van der Waals surface area contributed by atoms with E-state index in [1.54, 1.807) is 18.2 Å². The second-order valence-electron chi connectivity index (χ2n) is 7.64. The minimum Gasteiger partial charge on any atom is -0.478 e. The van der Waals surface area contributed by atoms with Gasteiger partial charge in [0.25, 0.3) is 10.0 Å². The maximum atomic E-state index is 14.1. The molecular weight excluding hydrogens is 471 g/mol. The minimum atomic E-state index is -4.50. The first-order chi connectivity index (χ1) is 16.2. The van der Waals surface area contributed by atoms with Gasteiger partial charge in [0, 0.05) is 31.9 Å². The fraction of sp³-hybridized carbons (Fsp3) is 0.174. The minimum absolute atomic E-state index is 0.116. The number of anilines is 3. The molecule has 1 aliphatic rings. The van der Waals surface area contributed by atoms with E-state index in [1.165, 1.54) is 18.2 Å². The number of carbonyl (C=O) groups is 1. The summed E-state index contributed by atoms with van der Waals surface area (Å²) >= 11 is 0. The Morgan fingerprint density at radius 3 is 2.12 bits per heavy atom. The van der Waals surface area contributed by atoms with Gasteiger partial charge in [0.15, 0.2) is 0 Å². The van der Waals surface area contributed by atoms with E-state index < -0.39 is 32.5 Å². The molecule has 178 valence electrons. The maximum absolute atomic E-state index is 14.1. The molecule has 7 nitrogen and oxygen atoms in total. The highest BCUT2D eigenvalue weighted by molar-refractivity contribution is 7.92. The van der Waals surface area contributed by atoms with Crippen molar-refractivity contribution in [2.45, 2.75) is 4.90 Å². The Bertz CT molecular complexity index is 1340. The maximum Gasteiger partial charge on any atom is 0.337 e. The lowest BCUT2D eigenvalue weighted by Gasteiger charge is -2.38. The zero-order valence-corrected chi connectivity index (χ0v) is 18.5. The van der Waals surface area contributed by atoms with E-state index in [9.17, 15) is 31.5 Å². The summed E-state index contributed by atoms with van der Waals surface area (Å²) in [7, 11) is -4.50. The summed E-state index contributed by atoms with van der Waals surface area (Å²) in [5, 5.41) is 9.71. The fourth-order valence-corrected chi connectivity index (χ4v) is 4.98. The van der Waals surface area contributed by atoms with E-state index in [1.807, 2.05) is 9.80 Å². The number of piperazine rings is 1. The number of nitrogens with one attached hydrogen (secondary N) is 1. The molecule has 34 heavy (non-hydrogen) atoms. The average Bonchev–Trinajstić information content (AvgIpc) is 2.81. The van der Waals surface area contributed by atoms with E-state index in [-0.39, 0.29) is 17.1 Å². The molecule has 0 unspecified atom stereocenters. The summed E-state index contributed by atoms with van der Waals surface area (Å²) in [5.41, 5.74) is 0.546. The van der Waals surface area contributed by atoms with Crippen molar-refractivity contribution in [2.24, 2.45) is 0 Å². The van der Waals surface area contributed by atoms with Crippen molar-refractivity contribution < 1.29 is 31.5 Å². The molecule has 1 aliphatic heterocycles. The van der Waals surface area contributed by atoms with Crippen LogP contribution in [-0.2, 0) is 10.0 Å². The smallest absolute Gasteiger partial charge is 0.337 e. The van der Waals surface area contributed by atoms with Gasteiger partial charge in [0.1, 0.15) is 22.3 Å². The van der Waals surface area contributed by atoms with Gasteiger partial charge in [-0.3, -0.25) is 4.72 Å². The van der Waals surface area contributed by atoms with Gasteiger partial charge in [-0.1, -0.05) is 12.1 Å². The van der Waals surface area contributed by atoms with Crippen LogP contribution in [0.15, 0.2) is 65.6 Å². The van der Waals surface area contributed by atoms with Crippen LogP contribution in [0.2, 0.25) is 0 Å². The van der Waals surface area contributed by atoms with E-state index >= 15 is 0 Å². The number of sulfonamides is 1. The van der Waals surface area contributed by atoms with Crippen LogP contribution in [0.25, 0.3) is 0 Å². The molecule has 2 N–H and O–H groups in total. The SMILES string of the molecule is O=C(O)c1cc(NS(=O)(=O)c2cc(F)ccc2F)ccc1N1CCN(c2ccccc2F)CC1. The zero-order valence-electron chi connectivity index (χ0n) is 17.7. The molecule has 0 amide bonds. The first-order valence-electron chi connectivity index (χ1n) is 10.3. The van der Waals surface area contributed by atoms with Crippen LogP contribution in [0.3, 0.4) is 0 Å². The van der Waals surface area contributed by atoms with Crippen LogP contribution >= 0.6 is 0 Å². The first kappa shape index (κ1) is 23.4. The van der Waals surface area contributed by atoms with Gasteiger partial charge in [0.05, 0.1) is 16.9 Å². The number of aromatic carboxylic acids is 1. The highest BCUT2D eigenvalue weighted by Gasteiger charge is 2.25. The molecule has 0 saturated carbocycles. The molecule has 0 aromatic heterocycles. The predicted molar refractivity (Wildman–Crippen MR) is 121 cm³/mol. The normalized spacial score (nSPS) is 14.2. The van der Waals surface area contributed by atoms with Gasteiger partial charge in [-0.2, -0.15) is 0 Å². The molecule has 0 spiro atoms. The largest absolute Gasteiger partial charge is 0.478 e. The Labute approximate surface area is 194 Å². The predicted octanol–water partition coefficient (Wildman–Crippen LogP) is 3.93. The quantitative estimate of drug-likeness (QED) is 0.543. The molecule has 0 aliphatic carbocycles. The number of rotatable bonds is 6. The van der Waals surface area contributed by atoms with Crippen LogP contribution in [0.4, 0.5) is 30.2 Å². The lowest BCUT2D eigenvalue weighted by atomic mass is 10.1. The molecule has 11 heteroatoms. The lowest BCUT2D eigenvalue weighted by Crippen LogP contribution is -2.47. The lowest BCUT2D eigenvalue weighted by molar-refractivity contribution is 0.0697. The Balaban J connectivity index is 1.55. The molecule has 0 radical (unpaired) electrons. The van der Waals surface area contributed by atoms with Crippen molar-refractivity contribution in [1.29, 1.82) is 0 Å². The second-order valence-corrected chi connectivity index (χ2v) is 9.29. The molecule has 3 aromatic carbocycles. The third kappa shape index (κ3) is 4.79. The number of nitrogens with zero attached hydrogens (tertiary/aromatic N) is 2. The van der Waals surface area contributed by atoms with Crippen LogP contribution in [0.5, 0.6) is 0 Å². The topological polar surface area (TPSA) is 89.9 Å². The van der Waals surface area contributed by atoms with Gasteiger partial charge in [-0.25, -0.2) is 26.4 Å². The third-order valence-electron chi connectivity index (χ3n) is 5.48. The number of carboxylic acids is 1. The van der Waals surface area contributed by atoms with Gasteiger partial charge < -0.3 is 14.9 Å². The standard InChI is InChI=1S/C23H20F3N3O4S/c24-15-5-7-19(26)22(13-15)34(32,33)27-16-6-8-20(17(14-16)23(30)31)28-9-11-29(12-10-28)21-4-2-1-3-18(21)25/h1-8,13-14,27H,9-12H2,(H,30,31). The van der Waals surface area contributed by atoms with E-state index in [0.29, 0.717) is 49.7 Å². The molecule has 1 fully saturated rings. The number of carboxylic acid groups (broad SMARTS) is 1. The number of hydrogen-bond acceptors (Lipinski definition) is 5. The Morgan fingerprint density at radius 2 is 1.47 bits per heavy atom. The van der Waals surface area contributed by atoms with Crippen molar-refractivity contribution in [1.82, 2.24) is 0 Å². The van der Waals surface area contributed by atoms with Gasteiger partial charge in [-0.05, 0) is 48.5 Å². The average molecular weight is 491 g/mol. The van der Waals surface area contributed by atoms with Crippen molar-refractivity contribution in [3.05, 3.63) is 83.7 Å². The number of para-hydroxylation sites is 1. The van der Waals surface area contributed by atoms with Crippen LogP contribution in [0, 0.1) is 17.5 Å². The Morgan fingerprint density at radius 1 is 0.824 bits per heavy atom. The monoisotopic (exact) mass is 491 g/mol. The number of benzene rings is 3. The summed E-state index contributed by atoms with van der Waals surface area (Å²) < 4.78 is 68.6. The summed E-state index contributed by atoms with van der Waals surface area (Å²) in [4.78, 5) is 14.7. The first-order valence-corrected chi connectivity index (χ1v) is 11.7. The van der Waals surface area contributed by atoms with Crippen molar-refractivity contribution in [3.63, 3.8) is 0 Å². The van der Waals surface area contributed by atoms with Crippen molar-refractivity contribution in [2.75, 3.05) is 40.7 Å². The van der Waals surface area contributed by atoms with Gasteiger partial charge >= 0.3 is 5.97 Å². The van der Waals surface area contributed by atoms with E-state index in [2.05, 4.69) is 4.72 Å². The summed E-state index contributed by atoms with van der Waals surface area (Å²) in [6, 6.07) is 12.3. The molecule has 1 heterocycles. The van der Waals surface area contributed by atoms with E-state index in [0.717, 1.165) is 12.1 Å². The molecule has 0 bridgehead atoms. The Hall–Kier alpha value is -3.73. The van der Waals surface area contributed by atoms with Crippen LogP contribution < -0.4 is 14.5 Å². The number of halogens is 3. The van der Waals surface area contributed by atoms with E-state index in [4.69, 9.17) is 0 Å². The van der Waals surface area contributed by atoms with Gasteiger partial charge in [0.2, 0.25) is 0 Å². The van der Waals surface area contributed by atoms with Gasteiger partial charge in [-0.15, -0.1) is 0 Å². The molecular formula is C23H20F3N3O4S. The summed E-state index contributed by atoms with van der Waals surface area (Å²) in [6.45, 7) is 1.73. The fourth-order valence-electron chi connectivity index (χ4n) is 3.84. The molecule has 0 atom stereocenters. The molecule has 1 saturated heterocycles. The highest BCUT2D eigenvalue weighted by atomic mass is 32.2. The second kappa shape index (κ2) is 9.26. The third-order valence-corrected chi connectivity index (χ3v) is 6.87. The zero-order chi connectivity index (χ0) is 24.5.